The van der Waals surface area contributed by atoms with Gasteiger partial charge in [-0.05, 0) is 30.5 Å². The van der Waals surface area contributed by atoms with E-state index in [9.17, 15) is 4.79 Å². The van der Waals surface area contributed by atoms with Gasteiger partial charge in [-0.1, -0.05) is 49.1 Å². The zero-order valence-corrected chi connectivity index (χ0v) is 15.2. The van der Waals surface area contributed by atoms with Gasteiger partial charge >= 0.3 is 0 Å². The molecule has 0 saturated heterocycles. The number of benzene rings is 1. The van der Waals surface area contributed by atoms with Crippen LogP contribution in [0.25, 0.3) is 0 Å². The van der Waals surface area contributed by atoms with E-state index in [1.165, 1.54) is 6.42 Å². The van der Waals surface area contributed by atoms with Crippen LogP contribution in [0.2, 0.25) is 5.02 Å². The molecule has 6 heteroatoms. The summed E-state index contributed by atoms with van der Waals surface area (Å²) in [6.45, 7) is 0. The number of fused-ring (bicyclic) bond motifs is 4. The molecular formula is C20H21ClN4O. The lowest BCUT2D eigenvalue weighted by Crippen LogP contribution is -2.53. The van der Waals surface area contributed by atoms with Gasteiger partial charge in [0.05, 0.1) is 11.5 Å². The molecule has 1 N–H and O–H groups in total. The summed E-state index contributed by atoms with van der Waals surface area (Å²) < 4.78 is 1.99. The highest BCUT2D eigenvalue weighted by atomic mass is 35.5. The Kier molecular flexibility index (Phi) is 3.67. The van der Waals surface area contributed by atoms with E-state index in [-0.39, 0.29) is 17.4 Å². The molecule has 1 aromatic heterocycles. The van der Waals surface area contributed by atoms with Crippen molar-refractivity contribution in [1.29, 1.82) is 0 Å². The van der Waals surface area contributed by atoms with Crippen molar-refractivity contribution >= 4 is 23.3 Å². The Labute approximate surface area is 157 Å². The molecule has 1 aliphatic heterocycles. The van der Waals surface area contributed by atoms with E-state index >= 15 is 0 Å². The maximum absolute atomic E-state index is 13.3. The van der Waals surface area contributed by atoms with Crippen LogP contribution < -0.4 is 5.32 Å². The van der Waals surface area contributed by atoms with E-state index in [0.29, 0.717) is 17.2 Å². The van der Waals surface area contributed by atoms with Crippen LogP contribution in [-0.4, -0.2) is 20.5 Å². The quantitative estimate of drug-likeness (QED) is 0.816. The van der Waals surface area contributed by atoms with E-state index in [4.69, 9.17) is 11.6 Å². The second kappa shape index (κ2) is 5.95. The monoisotopic (exact) mass is 368 g/mol. The number of Topliss-reactive ketones (excluding diaryl/α,β-unsaturated/α-hetero) is 1. The highest BCUT2D eigenvalue weighted by molar-refractivity contribution is 6.30. The van der Waals surface area contributed by atoms with Gasteiger partial charge in [-0.15, -0.1) is 0 Å². The van der Waals surface area contributed by atoms with Gasteiger partial charge in [-0.3, -0.25) is 4.79 Å². The summed E-state index contributed by atoms with van der Waals surface area (Å²) in [7, 11) is 0. The summed E-state index contributed by atoms with van der Waals surface area (Å²) in [4.78, 5) is 17.7. The normalized spacial score (nSPS) is 26.7. The molecule has 134 valence electrons. The smallest absolute Gasteiger partial charge is 0.225 e. The first-order chi connectivity index (χ1) is 12.7. The van der Waals surface area contributed by atoms with Crippen molar-refractivity contribution in [2.24, 2.45) is 5.92 Å². The van der Waals surface area contributed by atoms with Crippen LogP contribution in [0.1, 0.15) is 50.0 Å². The number of carbonyl (C=O) groups excluding carboxylic acids is 1. The van der Waals surface area contributed by atoms with E-state index in [1.807, 2.05) is 28.9 Å². The first-order valence-electron chi connectivity index (χ1n) is 9.35. The van der Waals surface area contributed by atoms with Crippen molar-refractivity contribution < 1.29 is 4.79 Å². The Bertz CT molecular complexity index is 879. The fourth-order valence-corrected chi connectivity index (χ4v) is 5.20. The Balaban J connectivity index is 1.60. The number of allylic oxidation sites excluding steroid dienone is 2. The van der Waals surface area contributed by atoms with Gasteiger partial charge < -0.3 is 5.32 Å². The van der Waals surface area contributed by atoms with Crippen LogP contribution in [0.3, 0.4) is 0 Å². The predicted molar refractivity (Wildman–Crippen MR) is 100 cm³/mol. The van der Waals surface area contributed by atoms with E-state index in [1.54, 1.807) is 6.33 Å². The summed E-state index contributed by atoms with van der Waals surface area (Å²) >= 11 is 6.02. The SMILES string of the molecule is O=C1C[C@H](c2ccc(Cl)cc2)C=C2Nc3ncnn3C3(CCCCC3)[C@H]12. The molecule has 0 amide bonds. The van der Waals surface area contributed by atoms with E-state index in [0.717, 1.165) is 42.9 Å². The van der Waals surface area contributed by atoms with Gasteiger partial charge in [-0.2, -0.15) is 10.1 Å². The van der Waals surface area contributed by atoms with Crippen LogP contribution >= 0.6 is 11.6 Å². The highest BCUT2D eigenvalue weighted by Crippen LogP contribution is 2.51. The number of hydrogen-bond acceptors (Lipinski definition) is 4. The minimum atomic E-state index is -0.247. The third-order valence-corrected chi connectivity index (χ3v) is 6.47. The fourth-order valence-electron chi connectivity index (χ4n) is 5.08. The molecule has 5 nitrogen and oxygen atoms in total. The molecular weight excluding hydrogens is 348 g/mol. The first-order valence-corrected chi connectivity index (χ1v) is 9.73. The minimum absolute atomic E-state index is 0.0774. The number of rotatable bonds is 1. The topological polar surface area (TPSA) is 59.8 Å². The maximum atomic E-state index is 13.3. The number of carbonyl (C=O) groups is 1. The number of halogens is 1. The van der Waals surface area contributed by atoms with Crippen LogP contribution in [0.15, 0.2) is 42.4 Å². The molecule has 2 heterocycles. The zero-order valence-electron chi connectivity index (χ0n) is 14.5. The largest absolute Gasteiger partial charge is 0.328 e. The summed E-state index contributed by atoms with van der Waals surface area (Å²) in [5.74, 6) is 1.01. The van der Waals surface area contributed by atoms with E-state index in [2.05, 4.69) is 21.5 Å². The van der Waals surface area contributed by atoms with Crippen molar-refractivity contribution in [3.63, 3.8) is 0 Å². The molecule has 5 rings (SSSR count). The van der Waals surface area contributed by atoms with Gasteiger partial charge in [0.25, 0.3) is 0 Å². The lowest BCUT2D eigenvalue weighted by molar-refractivity contribution is -0.127. The van der Waals surface area contributed by atoms with Gasteiger partial charge in [0, 0.05) is 23.1 Å². The van der Waals surface area contributed by atoms with Crippen LogP contribution in [-0.2, 0) is 10.3 Å². The van der Waals surface area contributed by atoms with Gasteiger partial charge in [0.15, 0.2) is 0 Å². The van der Waals surface area contributed by atoms with E-state index < -0.39 is 0 Å². The second-order valence-electron chi connectivity index (χ2n) is 7.67. The molecule has 1 aromatic carbocycles. The Morgan fingerprint density at radius 1 is 1.15 bits per heavy atom. The third-order valence-electron chi connectivity index (χ3n) is 6.22. The molecule has 26 heavy (non-hydrogen) atoms. The first kappa shape index (κ1) is 16.1. The van der Waals surface area contributed by atoms with Crippen LogP contribution in [0.4, 0.5) is 5.95 Å². The molecule has 3 aliphatic rings. The number of anilines is 1. The van der Waals surface area contributed by atoms with Gasteiger partial charge in [0.2, 0.25) is 5.95 Å². The lowest BCUT2D eigenvalue weighted by atomic mass is 9.65. The number of hydrogen-bond donors (Lipinski definition) is 1. The molecule has 2 aromatic rings. The average molecular weight is 369 g/mol. The number of ketones is 1. The summed E-state index contributed by atoms with van der Waals surface area (Å²) in [6, 6.07) is 7.80. The standard InChI is InChI=1S/C20H21ClN4O/c21-15-6-4-13(5-7-15)14-10-16-18(17(26)11-14)20(8-2-1-3-9-20)25-19(24-16)22-12-23-25/h4-7,10,12,14,18H,1-3,8-9,11H2,(H,22,23,24)/t14-,18+/m1/s1. The Morgan fingerprint density at radius 2 is 1.92 bits per heavy atom. The second-order valence-corrected chi connectivity index (χ2v) is 8.10. The molecule has 2 aliphatic carbocycles. The van der Waals surface area contributed by atoms with Crippen LogP contribution in [0.5, 0.6) is 0 Å². The fraction of sp³-hybridized carbons (Fsp3) is 0.450. The van der Waals surface area contributed by atoms with Crippen molar-refractivity contribution in [2.45, 2.75) is 50.0 Å². The van der Waals surface area contributed by atoms with Gasteiger partial charge in [-0.25, -0.2) is 4.68 Å². The van der Waals surface area contributed by atoms with Crippen molar-refractivity contribution in [1.82, 2.24) is 14.8 Å². The van der Waals surface area contributed by atoms with Crippen molar-refractivity contribution in [2.75, 3.05) is 5.32 Å². The number of nitrogens with zero attached hydrogens (tertiary/aromatic N) is 3. The Hall–Kier alpha value is -2.14. The molecule has 0 unspecified atom stereocenters. The molecule has 2 atom stereocenters. The highest BCUT2D eigenvalue weighted by Gasteiger charge is 2.53. The average Bonchev–Trinajstić information content (AvgIpc) is 3.12. The van der Waals surface area contributed by atoms with Crippen molar-refractivity contribution in [3.8, 4) is 0 Å². The number of nitrogens with one attached hydrogen (secondary N) is 1. The summed E-state index contributed by atoms with van der Waals surface area (Å²) in [6.07, 6.45) is 9.83. The van der Waals surface area contributed by atoms with Gasteiger partial charge in [0.1, 0.15) is 12.1 Å². The molecule has 1 saturated carbocycles. The minimum Gasteiger partial charge on any atom is -0.328 e. The predicted octanol–water partition coefficient (Wildman–Crippen LogP) is 4.27. The number of aromatic nitrogens is 3. The molecule has 1 spiro atoms. The Morgan fingerprint density at radius 3 is 2.69 bits per heavy atom. The summed E-state index contributed by atoms with van der Waals surface area (Å²) in [5.41, 5.74) is 1.88. The van der Waals surface area contributed by atoms with Crippen molar-refractivity contribution in [3.05, 3.63) is 53.0 Å². The maximum Gasteiger partial charge on any atom is 0.225 e. The summed E-state index contributed by atoms with van der Waals surface area (Å²) in [5, 5.41) is 8.60. The third kappa shape index (κ3) is 2.33. The van der Waals surface area contributed by atoms with Crippen LogP contribution in [0, 0.1) is 5.92 Å². The molecule has 1 fully saturated rings. The molecule has 0 bridgehead atoms. The zero-order chi connectivity index (χ0) is 17.7. The molecule has 0 radical (unpaired) electrons. The lowest BCUT2D eigenvalue weighted by Gasteiger charge is -2.48.